The van der Waals surface area contributed by atoms with Crippen molar-refractivity contribution in [2.45, 2.75) is 13.5 Å². The van der Waals surface area contributed by atoms with Gasteiger partial charge in [0.1, 0.15) is 20.7 Å². The van der Waals surface area contributed by atoms with Gasteiger partial charge in [-0.25, -0.2) is 14.4 Å². The van der Waals surface area contributed by atoms with Crippen LogP contribution in [0.4, 0.5) is 4.39 Å². The number of thiazole rings is 2. The van der Waals surface area contributed by atoms with E-state index in [1.165, 1.54) is 34.8 Å². The standard InChI is InChI=1S/C20H15FN4OS2/c1-12-17(28-19(24-12)13-5-7-14(21)8-6-13)18(26)23-10-15-11-27-20(25-15)16-4-2-3-9-22-16/h2-9,11H,10H2,1H3,(H,23,26). The minimum atomic E-state index is -0.302. The normalized spacial score (nSPS) is 10.8. The summed E-state index contributed by atoms with van der Waals surface area (Å²) in [5.74, 6) is -0.501. The van der Waals surface area contributed by atoms with E-state index in [0.717, 1.165) is 22.0 Å². The third kappa shape index (κ3) is 3.97. The lowest BCUT2D eigenvalue weighted by atomic mass is 10.2. The summed E-state index contributed by atoms with van der Waals surface area (Å²) in [4.78, 5) is 26.4. The Morgan fingerprint density at radius 1 is 1.11 bits per heavy atom. The van der Waals surface area contributed by atoms with Gasteiger partial charge < -0.3 is 5.32 Å². The molecule has 0 aliphatic rings. The zero-order valence-corrected chi connectivity index (χ0v) is 16.5. The van der Waals surface area contributed by atoms with Gasteiger partial charge in [-0.3, -0.25) is 9.78 Å². The zero-order chi connectivity index (χ0) is 19.5. The number of carbonyl (C=O) groups excluding carboxylic acids is 1. The van der Waals surface area contributed by atoms with E-state index in [2.05, 4.69) is 20.3 Å². The Bertz CT molecular complexity index is 1110. The van der Waals surface area contributed by atoms with E-state index >= 15 is 0 Å². The molecule has 0 fully saturated rings. The Hall–Kier alpha value is -2.97. The molecule has 0 saturated carbocycles. The summed E-state index contributed by atoms with van der Waals surface area (Å²) in [5, 5.41) is 6.31. The summed E-state index contributed by atoms with van der Waals surface area (Å²) in [6.07, 6.45) is 1.73. The van der Waals surface area contributed by atoms with Gasteiger partial charge in [0.25, 0.3) is 5.91 Å². The molecule has 3 heterocycles. The zero-order valence-electron chi connectivity index (χ0n) is 14.8. The van der Waals surface area contributed by atoms with Crippen molar-refractivity contribution in [1.29, 1.82) is 0 Å². The van der Waals surface area contributed by atoms with Gasteiger partial charge in [0.2, 0.25) is 0 Å². The van der Waals surface area contributed by atoms with E-state index in [-0.39, 0.29) is 11.7 Å². The second-order valence-corrected chi connectivity index (χ2v) is 7.84. The first kappa shape index (κ1) is 18.4. The molecule has 4 rings (SSSR count). The Kier molecular flexibility index (Phi) is 5.23. The first-order valence-corrected chi connectivity index (χ1v) is 10.2. The number of hydrogen-bond acceptors (Lipinski definition) is 6. The molecule has 1 amide bonds. The summed E-state index contributed by atoms with van der Waals surface area (Å²) in [7, 11) is 0. The second kappa shape index (κ2) is 7.95. The Morgan fingerprint density at radius 2 is 1.93 bits per heavy atom. The quantitative estimate of drug-likeness (QED) is 0.518. The maximum atomic E-state index is 13.1. The highest BCUT2D eigenvalue weighted by Gasteiger charge is 2.16. The molecule has 0 radical (unpaired) electrons. The van der Waals surface area contributed by atoms with Crippen molar-refractivity contribution in [3.63, 3.8) is 0 Å². The predicted octanol–water partition coefficient (Wildman–Crippen LogP) is 4.71. The summed E-state index contributed by atoms with van der Waals surface area (Å²) >= 11 is 2.78. The maximum Gasteiger partial charge on any atom is 0.263 e. The fraction of sp³-hybridized carbons (Fsp3) is 0.100. The van der Waals surface area contributed by atoms with Gasteiger partial charge in [0, 0.05) is 17.1 Å². The van der Waals surface area contributed by atoms with Crippen molar-refractivity contribution < 1.29 is 9.18 Å². The van der Waals surface area contributed by atoms with Gasteiger partial charge in [-0.15, -0.1) is 22.7 Å². The summed E-state index contributed by atoms with van der Waals surface area (Å²) in [6, 6.07) is 11.7. The van der Waals surface area contributed by atoms with Gasteiger partial charge in [-0.1, -0.05) is 6.07 Å². The monoisotopic (exact) mass is 410 g/mol. The molecule has 0 saturated heterocycles. The number of halogens is 1. The largest absolute Gasteiger partial charge is 0.346 e. The Labute approximate surface area is 169 Å². The summed E-state index contributed by atoms with van der Waals surface area (Å²) in [5.41, 5.74) is 3.02. The number of rotatable bonds is 5. The molecule has 5 nitrogen and oxygen atoms in total. The molecule has 0 unspecified atom stereocenters. The minimum Gasteiger partial charge on any atom is -0.346 e. The molecule has 0 aliphatic carbocycles. The van der Waals surface area contributed by atoms with Gasteiger partial charge in [0.15, 0.2) is 0 Å². The molecule has 1 aromatic carbocycles. The summed E-state index contributed by atoms with van der Waals surface area (Å²) in [6.45, 7) is 2.12. The SMILES string of the molecule is Cc1nc(-c2ccc(F)cc2)sc1C(=O)NCc1csc(-c2ccccn2)n1. The minimum absolute atomic E-state index is 0.198. The van der Waals surface area contributed by atoms with Crippen molar-refractivity contribution in [3.05, 3.63) is 76.1 Å². The van der Waals surface area contributed by atoms with Crippen molar-refractivity contribution in [1.82, 2.24) is 20.3 Å². The van der Waals surface area contributed by atoms with Gasteiger partial charge in [-0.2, -0.15) is 0 Å². The van der Waals surface area contributed by atoms with Crippen LogP contribution in [0.15, 0.2) is 54.0 Å². The fourth-order valence-electron chi connectivity index (χ4n) is 2.57. The lowest BCUT2D eigenvalue weighted by Gasteiger charge is -2.01. The lowest BCUT2D eigenvalue weighted by molar-refractivity contribution is 0.0953. The maximum absolute atomic E-state index is 13.1. The molecule has 0 atom stereocenters. The van der Waals surface area contributed by atoms with Crippen LogP contribution in [0.1, 0.15) is 21.1 Å². The second-order valence-electron chi connectivity index (χ2n) is 5.98. The van der Waals surface area contributed by atoms with Crippen LogP contribution in [0, 0.1) is 12.7 Å². The molecular weight excluding hydrogens is 395 g/mol. The molecule has 140 valence electrons. The van der Waals surface area contributed by atoms with E-state index < -0.39 is 0 Å². The van der Waals surface area contributed by atoms with Crippen LogP contribution >= 0.6 is 22.7 Å². The molecule has 28 heavy (non-hydrogen) atoms. The van der Waals surface area contributed by atoms with E-state index in [4.69, 9.17) is 0 Å². The smallest absolute Gasteiger partial charge is 0.263 e. The number of hydrogen-bond donors (Lipinski definition) is 1. The first-order chi connectivity index (χ1) is 13.6. The number of benzene rings is 1. The van der Waals surface area contributed by atoms with E-state index in [1.54, 1.807) is 25.3 Å². The van der Waals surface area contributed by atoms with Crippen LogP contribution in [0.25, 0.3) is 21.3 Å². The molecule has 1 N–H and O–H groups in total. The van der Waals surface area contributed by atoms with Crippen LogP contribution in [-0.4, -0.2) is 20.9 Å². The Morgan fingerprint density at radius 3 is 2.68 bits per heavy atom. The van der Waals surface area contributed by atoms with E-state index in [9.17, 15) is 9.18 Å². The fourth-order valence-corrected chi connectivity index (χ4v) is 4.35. The van der Waals surface area contributed by atoms with E-state index in [1.807, 2.05) is 23.6 Å². The number of nitrogens with one attached hydrogen (secondary N) is 1. The van der Waals surface area contributed by atoms with Crippen LogP contribution in [0.3, 0.4) is 0 Å². The highest BCUT2D eigenvalue weighted by atomic mass is 32.1. The highest BCUT2D eigenvalue weighted by molar-refractivity contribution is 7.17. The molecule has 8 heteroatoms. The number of aryl methyl sites for hydroxylation is 1. The van der Waals surface area contributed by atoms with Crippen LogP contribution in [-0.2, 0) is 6.54 Å². The van der Waals surface area contributed by atoms with Crippen molar-refractivity contribution in [2.75, 3.05) is 0 Å². The van der Waals surface area contributed by atoms with Crippen molar-refractivity contribution in [3.8, 4) is 21.3 Å². The number of nitrogens with zero attached hydrogens (tertiary/aromatic N) is 3. The van der Waals surface area contributed by atoms with Gasteiger partial charge in [-0.05, 0) is 43.3 Å². The highest BCUT2D eigenvalue weighted by Crippen LogP contribution is 2.28. The van der Waals surface area contributed by atoms with Crippen molar-refractivity contribution in [2.24, 2.45) is 0 Å². The van der Waals surface area contributed by atoms with Crippen LogP contribution in [0.2, 0.25) is 0 Å². The van der Waals surface area contributed by atoms with E-state index in [0.29, 0.717) is 22.1 Å². The molecule has 3 aromatic heterocycles. The predicted molar refractivity (Wildman–Crippen MR) is 109 cm³/mol. The average Bonchev–Trinajstić information content (AvgIpc) is 3.34. The van der Waals surface area contributed by atoms with Crippen LogP contribution < -0.4 is 5.32 Å². The Balaban J connectivity index is 1.44. The molecule has 0 aliphatic heterocycles. The van der Waals surface area contributed by atoms with Crippen LogP contribution in [0.5, 0.6) is 0 Å². The lowest BCUT2D eigenvalue weighted by Crippen LogP contribution is -2.22. The third-order valence-electron chi connectivity index (χ3n) is 3.96. The molecule has 4 aromatic rings. The average molecular weight is 410 g/mol. The topological polar surface area (TPSA) is 67.8 Å². The number of pyridine rings is 1. The third-order valence-corrected chi connectivity index (χ3v) is 6.08. The number of aromatic nitrogens is 3. The molecule has 0 bridgehead atoms. The number of carbonyl (C=O) groups is 1. The summed E-state index contributed by atoms with van der Waals surface area (Å²) < 4.78 is 13.1. The van der Waals surface area contributed by atoms with Gasteiger partial charge >= 0.3 is 0 Å². The molecule has 0 spiro atoms. The van der Waals surface area contributed by atoms with Gasteiger partial charge in [0.05, 0.1) is 23.6 Å². The van der Waals surface area contributed by atoms with Crippen molar-refractivity contribution >= 4 is 28.6 Å². The molecular formula is C20H15FN4OS2. The first-order valence-electron chi connectivity index (χ1n) is 8.47. The number of amides is 1.